The summed E-state index contributed by atoms with van der Waals surface area (Å²) in [5.74, 6) is 0. The fourth-order valence-electron chi connectivity index (χ4n) is 6.08. The van der Waals surface area contributed by atoms with Gasteiger partial charge >= 0.3 is 0 Å². The summed E-state index contributed by atoms with van der Waals surface area (Å²) in [5.41, 5.74) is 3.74. The van der Waals surface area contributed by atoms with Crippen molar-refractivity contribution in [2.45, 2.75) is 116 Å². The van der Waals surface area contributed by atoms with Crippen molar-refractivity contribution in [3.05, 3.63) is 71.8 Å². The molecule has 0 aliphatic heterocycles. The Balaban J connectivity index is 1.50. The predicted molar refractivity (Wildman–Crippen MR) is 137 cm³/mol. The van der Waals surface area contributed by atoms with Gasteiger partial charge in [-0.3, -0.25) is 0 Å². The molecule has 1 aliphatic carbocycles. The molecule has 0 amide bonds. The lowest BCUT2D eigenvalue weighted by molar-refractivity contribution is 0.147. The highest BCUT2D eigenvalue weighted by Crippen LogP contribution is 2.45. The van der Waals surface area contributed by atoms with E-state index in [1.807, 2.05) is 0 Å². The second-order valence-electron chi connectivity index (χ2n) is 10.5. The van der Waals surface area contributed by atoms with E-state index in [4.69, 9.17) is 0 Å². The Hall–Kier alpha value is -1.56. The molecular weight excluding hydrogens is 372 g/mol. The summed E-state index contributed by atoms with van der Waals surface area (Å²) in [5, 5.41) is 0. The SMILES string of the molecule is CCCCCC1(CCCCCCC(C)(c2ccccc2)c2ccccc2)CCCCC1. The highest BCUT2D eigenvalue weighted by Gasteiger charge is 2.31. The van der Waals surface area contributed by atoms with Crippen LogP contribution in [0.2, 0.25) is 0 Å². The lowest BCUT2D eigenvalue weighted by atomic mass is 9.68. The molecular formula is C31H46. The molecule has 0 heterocycles. The molecule has 0 bridgehead atoms. The van der Waals surface area contributed by atoms with Gasteiger partial charge in [-0.2, -0.15) is 0 Å². The number of unbranched alkanes of at least 4 members (excludes halogenated alkanes) is 5. The summed E-state index contributed by atoms with van der Waals surface area (Å²) < 4.78 is 0. The third-order valence-corrected chi connectivity index (χ3v) is 8.18. The molecule has 0 N–H and O–H groups in total. The fraction of sp³-hybridized carbons (Fsp3) is 0.613. The molecule has 0 unspecified atom stereocenters. The molecule has 0 atom stereocenters. The Labute approximate surface area is 192 Å². The second kappa shape index (κ2) is 12.5. The molecule has 0 aromatic heterocycles. The lowest BCUT2D eigenvalue weighted by Crippen LogP contribution is -2.24. The standard InChI is InChI=1S/C31H46/c1-3-4-14-24-31(26-17-9-18-27-31)25-16-6-5-15-23-30(2,28-19-10-7-11-20-28)29-21-12-8-13-22-29/h7-8,10-13,19-22H,3-6,9,14-18,23-27H2,1-2H3. The van der Waals surface area contributed by atoms with Crippen molar-refractivity contribution >= 4 is 0 Å². The molecule has 0 saturated heterocycles. The van der Waals surface area contributed by atoms with Crippen LogP contribution in [0.1, 0.15) is 121 Å². The summed E-state index contributed by atoms with van der Waals surface area (Å²) in [6, 6.07) is 22.3. The maximum atomic E-state index is 2.45. The van der Waals surface area contributed by atoms with E-state index in [9.17, 15) is 0 Å². The van der Waals surface area contributed by atoms with E-state index < -0.39 is 0 Å². The van der Waals surface area contributed by atoms with Crippen LogP contribution < -0.4 is 0 Å². The summed E-state index contributed by atoms with van der Waals surface area (Å²) in [4.78, 5) is 0. The average molecular weight is 419 g/mol. The zero-order valence-corrected chi connectivity index (χ0v) is 20.4. The van der Waals surface area contributed by atoms with Crippen LogP contribution in [0.25, 0.3) is 0 Å². The fourth-order valence-corrected chi connectivity index (χ4v) is 6.08. The van der Waals surface area contributed by atoms with Gasteiger partial charge in [0.1, 0.15) is 0 Å². The van der Waals surface area contributed by atoms with Gasteiger partial charge in [0.2, 0.25) is 0 Å². The van der Waals surface area contributed by atoms with E-state index in [1.165, 1.54) is 107 Å². The molecule has 0 spiro atoms. The van der Waals surface area contributed by atoms with Crippen LogP contribution in [0.5, 0.6) is 0 Å². The number of benzene rings is 2. The molecule has 1 saturated carbocycles. The van der Waals surface area contributed by atoms with Gasteiger partial charge < -0.3 is 0 Å². The third kappa shape index (κ3) is 6.96. The lowest BCUT2D eigenvalue weighted by Gasteiger charge is -2.38. The minimum atomic E-state index is 0.118. The van der Waals surface area contributed by atoms with Gasteiger partial charge in [-0.05, 0) is 48.6 Å². The van der Waals surface area contributed by atoms with E-state index in [2.05, 4.69) is 74.5 Å². The molecule has 2 aromatic rings. The van der Waals surface area contributed by atoms with Gasteiger partial charge in [-0.15, -0.1) is 0 Å². The topological polar surface area (TPSA) is 0 Å². The first-order valence-electron chi connectivity index (χ1n) is 13.3. The van der Waals surface area contributed by atoms with Crippen LogP contribution in [0.15, 0.2) is 60.7 Å². The zero-order valence-electron chi connectivity index (χ0n) is 20.4. The van der Waals surface area contributed by atoms with Crippen molar-refractivity contribution in [3.63, 3.8) is 0 Å². The van der Waals surface area contributed by atoms with Crippen LogP contribution in [-0.2, 0) is 5.41 Å². The Kier molecular flexibility index (Phi) is 9.69. The van der Waals surface area contributed by atoms with Gasteiger partial charge in [0, 0.05) is 5.41 Å². The average Bonchev–Trinajstić information content (AvgIpc) is 2.83. The minimum absolute atomic E-state index is 0.118. The maximum Gasteiger partial charge on any atom is 0.0174 e. The summed E-state index contributed by atoms with van der Waals surface area (Å²) in [6.07, 6.45) is 21.5. The Bertz CT molecular complexity index is 669. The second-order valence-corrected chi connectivity index (χ2v) is 10.5. The molecule has 2 aromatic carbocycles. The summed E-state index contributed by atoms with van der Waals surface area (Å²) in [7, 11) is 0. The van der Waals surface area contributed by atoms with Crippen molar-refractivity contribution in [1.29, 1.82) is 0 Å². The minimum Gasteiger partial charge on any atom is -0.0654 e. The Morgan fingerprint density at radius 3 is 1.71 bits per heavy atom. The third-order valence-electron chi connectivity index (χ3n) is 8.18. The van der Waals surface area contributed by atoms with Crippen molar-refractivity contribution in [2.24, 2.45) is 5.41 Å². The van der Waals surface area contributed by atoms with Crippen LogP contribution in [0, 0.1) is 5.41 Å². The largest absolute Gasteiger partial charge is 0.0654 e. The quantitative estimate of drug-likeness (QED) is 0.284. The Morgan fingerprint density at radius 1 is 0.645 bits per heavy atom. The van der Waals surface area contributed by atoms with Crippen molar-refractivity contribution < 1.29 is 0 Å². The van der Waals surface area contributed by atoms with Gasteiger partial charge in [0.15, 0.2) is 0 Å². The van der Waals surface area contributed by atoms with E-state index >= 15 is 0 Å². The highest BCUT2D eigenvalue weighted by molar-refractivity contribution is 5.38. The zero-order chi connectivity index (χ0) is 21.8. The summed E-state index contributed by atoms with van der Waals surface area (Å²) >= 11 is 0. The predicted octanol–water partition coefficient (Wildman–Crippen LogP) is 9.86. The van der Waals surface area contributed by atoms with E-state index in [0.29, 0.717) is 5.41 Å². The first-order chi connectivity index (χ1) is 15.2. The summed E-state index contributed by atoms with van der Waals surface area (Å²) in [6.45, 7) is 4.79. The molecule has 31 heavy (non-hydrogen) atoms. The van der Waals surface area contributed by atoms with Crippen LogP contribution in [0.4, 0.5) is 0 Å². The van der Waals surface area contributed by atoms with Crippen LogP contribution in [-0.4, -0.2) is 0 Å². The molecule has 170 valence electrons. The van der Waals surface area contributed by atoms with Crippen molar-refractivity contribution in [1.82, 2.24) is 0 Å². The highest BCUT2D eigenvalue weighted by atomic mass is 14.4. The molecule has 0 heteroatoms. The molecule has 0 radical (unpaired) electrons. The number of rotatable bonds is 13. The van der Waals surface area contributed by atoms with Gasteiger partial charge in [0.25, 0.3) is 0 Å². The van der Waals surface area contributed by atoms with Crippen molar-refractivity contribution in [2.75, 3.05) is 0 Å². The van der Waals surface area contributed by atoms with Crippen molar-refractivity contribution in [3.8, 4) is 0 Å². The molecule has 0 nitrogen and oxygen atoms in total. The monoisotopic (exact) mass is 418 g/mol. The van der Waals surface area contributed by atoms with Gasteiger partial charge in [-0.1, -0.05) is 139 Å². The number of hydrogen-bond donors (Lipinski definition) is 0. The van der Waals surface area contributed by atoms with E-state index in [0.717, 1.165) is 0 Å². The van der Waals surface area contributed by atoms with E-state index in [-0.39, 0.29) is 5.41 Å². The van der Waals surface area contributed by atoms with Crippen LogP contribution in [0.3, 0.4) is 0 Å². The first-order valence-corrected chi connectivity index (χ1v) is 13.3. The number of hydrogen-bond acceptors (Lipinski definition) is 0. The smallest absolute Gasteiger partial charge is 0.0174 e. The molecule has 1 fully saturated rings. The normalized spacial score (nSPS) is 16.3. The van der Waals surface area contributed by atoms with Crippen LogP contribution >= 0.6 is 0 Å². The van der Waals surface area contributed by atoms with Gasteiger partial charge in [-0.25, -0.2) is 0 Å². The molecule has 3 rings (SSSR count). The Morgan fingerprint density at radius 2 is 1.16 bits per heavy atom. The maximum absolute atomic E-state index is 2.45. The molecule has 1 aliphatic rings. The van der Waals surface area contributed by atoms with E-state index in [1.54, 1.807) is 0 Å². The first kappa shape index (κ1) is 24.1. The van der Waals surface area contributed by atoms with Gasteiger partial charge in [0.05, 0.1) is 0 Å².